The molecule has 23 heavy (non-hydrogen) atoms. The molecule has 0 unspecified atom stereocenters. The number of nitrogens with zero attached hydrogens (tertiary/aromatic N) is 2. The monoisotopic (exact) mass is 320 g/mol. The summed E-state index contributed by atoms with van der Waals surface area (Å²) in [6.07, 6.45) is 0.907. The molecule has 0 aliphatic rings. The van der Waals surface area contributed by atoms with Crippen molar-refractivity contribution in [1.82, 2.24) is 15.5 Å². The van der Waals surface area contributed by atoms with E-state index in [9.17, 15) is 0 Å². The number of hydrogen-bond donors (Lipinski definition) is 2. The summed E-state index contributed by atoms with van der Waals surface area (Å²) in [5.74, 6) is 1.83. The van der Waals surface area contributed by atoms with Crippen molar-refractivity contribution in [3.8, 4) is 5.75 Å². The van der Waals surface area contributed by atoms with Crippen LogP contribution in [0, 0.1) is 6.92 Å². The molecule has 0 bridgehead atoms. The fourth-order valence-corrected chi connectivity index (χ4v) is 2.25. The van der Waals surface area contributed by atoms with Gasteiger partial charge in [-0.3, -0.25) is 4.99 Å². The Hall–Kier alpha value is -1.75. The summed E-state index contributed by atoms with van der Waals surface area (Å²) in [5.41, 5.74) is 2.48. The van der Waals surface area contributed by atoms with Gasteiger partial charge in [-0.2, -0.15) is 0 Å². The summed E-state index contributed by atoms with van der Waals surface area (Å²) >= 11 is 0. The highest BCUT2D eigenvalue weighted by Gasteiger charge is 2.04. The highest BCUT2D eigenvalue weighted by Crippen LogP contribution is 2.19. The smallest absolute Gasteiger partial charge is 0.191 e. The Kier molecular flexibility index (Phi) is 9.14. The highest BCUT2D eigenvalue weighted by molar-refractivity contribution is 5.79. The molecular formula is C18H32N4O. The number of nitrogens with one attached hydrogen (secondary N) is 2. The predicted molar refractivity (Wildman–Crippen MR) is 98.6 cm³/mol. The van der Waals surface area contributed by atoms with Gasteiger partial charge in [0.1, 0.15) is 5.75 Å². The van der Waals surface area contributed by atoms with Gasteiger partial charge >= 0.3 is 0 Å². The summed E-state index contributed by atoms with van der Waals surface area (Å²) in [5, 5.41) is 6.69. The molecule has 2 N–H and O–H groups in total. The van der Waals surface area contributed by atoms with Gasteiger partial charge in [0.25, 0.3) is 0 Å². The normalized spacial score (nSPS) is 11.7. The number of methoxy groups -OCH3 is 1. The van der Waals surface area contributed by atoms with Crippen molar-refractivity contribution in [2.75, 3.05) is 46.9 Å². The second-order valence-electron chi connectivity index (χ2n) is 5.65. The van der Waals surface area contributed by atoms with E-state index < -0.39 is 0 Å². The minimum absolute atomic E-state index is 0.799. The van der Waals surface area contributed by atoms with Crippen LogP contribution in [0.15, 0.2) is 23.2 Å². The number of guanidine groups is 1. The van der Waals surface area contributed by atoms with Crippen LogP contribution >= 0.6 is 0 Å². The molecule has 0 saturated heterocycles. The molecule has 0 amide bonds. The zero-order valence-corrected chi connectivity index (χ0v) is 15.3. The second-order valence-corrected chi connectivity index (χ2v) is 5.65. The lowest BCUT2D eigenvalue weighted by molar-refractivity contribution is 0.363. The van der Waals surface area contributed by atoms with Gasteiger partial charge in [0.05, 0.1) is 13.7 Å². The molecular weight excluding hydrogens is 288 g/mol. The van der Waals surface area contributed by atoms with Crippen molar-refractivity contribution >= 4 is 5.96 Å². The van der Waals surface area contributed by atoms with Crippen molar-refractivity contribution in [2.24, 2.45) is 4.99 Å². The molecule has 0 aliphatic carbocycles. The molecule has 0 saturated carbocycles. The molecule has 0 aromatic heterocycles. The third-order valence-electron chi connectivity index (χ3n) is 3.76. The van der Waals surface area contributed by atoms with Crippen LogP contribution in [-0.2, 0) is 6.42 Å². The van der Waals surface area contributed by atoms with Crippen LogP contribution in [0.3, 0.4) is 0 Å². The summed E-state index contributed by atoms with van der Waals surface area (Å²) in [6.45, 7) is 10.9. The number of aliphatic imine (C=N–C) groups is 1. The van der Waals surface area contributed by atoms with Gasteiger partial charge in [0, 0.05) is 19.6 Å². The van der Waals surface area contributed by atoms with Gasteiger partial charge in [-0.1, -0.05) is 24.6 Å². The fourth-order valence-electron chi connectivity index (χ4n) is 2.25. The third-order valence-corrected chi connectivity index (χ3v) is 3.76. The molecule has 0 fully saturated rings. The number of ether oxygens (including phenoxy) is 1. The molecule has 5 nitrogen and oxygen atoms in total. The highest BCUT2D eigenvalue weighted by atomic mass is 16.5. The van der Waals surface area contributed by atoms with E-state index >= 15 is 0 Å². The molecule has 0 atom stereocenters. The van der Waals surface area contributed by atoms with Crippen molar-refractivity contribution in [3.05, 3.63) is 29.3 Å². The van der Waals surface area contributed by atoms with E-state index in [0.29, 0.717) is 0 Å². The van der Waals surface area contributed by atoms with Gasteiger partial charge in [-0.15, -0.1) is 0 Å². The van der Waals surface area contributed by atoms with Crippen LogP contribution in [0.4, 0.5) is 0 Å². The first-order chi connectivity index (χ1) is 11.1. The maximum Gasteiger partial charge on any atom is 0.191 e. The number of hydrogen-bond acceptors (Lipinski definition) is 3. The lowest BCUT2D eigenvalue weighted by Gasteiger charge is -2.15. The van der Waals surface area contributed by atoms with Crippen molar-refractivity contribution < 1.29 is 4.74 Å². The van der Waals surface area contributed by atoms with Crippen LogP contribution < -0.4 is 15.4 Å². The average Bonchev–Trinajstić information content (AvgIpc) is 2.54. The lowest BCUT2D eigenvalue weighted by Crippen LogP contribution is -2.39. The number of aryl methyl sites for hydroxylation is 1. The molecule has 1 aromatic carbocycles. The summed E-state index contributed by atoms with van der Waals surface area (Å²) in [4.78, 5) is 6.87. The van der Waals surface area contributed by atoms with E-state index in [1.165, 1.54) is 11.1 Å². The van der Waals surface area contributed by atoms with E-state index in [2.05, 4.69) is 60.5 Å². The van der Waals surface area contributed by atoms with E-state index in [-0.39, 0.29) is 0 Å². The molecule has 130 valence electrons. The van der Waals surface area contributed by atoms with Crippen LogP contribution in [0.5, 0.6) is 5.75 Å². The summed E-state index contributed by atoms with van der Waals surface area (Å²) in [7, 11) is 3.83. The van der Waals surface area contributed by atoms with Crippen molar-refractivity contribution in [2.45, 2.75) is 27.2 Å². The van der Waals surface area contributed by atoms with Gasteiger partial charge in [-0.05, 0) is 45.5 Å². The van der Waals surface area contributed by atoms with Crippen molar-refractivity contribution in [3.63, 3.8) is 0 Å². The first kappa shape index (κ1) is 19.3. The first-order valence-electron chi connectivity index (χ1n) is 8.44. The van der Waals surface area contributed by atoms with Gasteiger partial charge in [0.15, 0.2) is 5.96 Å². The Morgan fingerprint density at radius 3 is 2.70 bits per heavy atom. The second kappa shape index (κ2) is 10.9. The summed E-state index contributed by atoms with van der Waals surface area (Å²) in [6, 6.07) is 6.29. The van der Waals surface area contributed by atoms with E-state index in [4.69, 9.17) is 4.74 Å². The number of likely N-dealkylation sites (N-methyl/N-ethyl adjacent to an activating group) is 1. The van der Waals surface area contributed by atoms with Gasteiger partial charge in [-0.25, -0.2) is 0 Å². The fraction of sp³-hybridized carbons (Fsp3) is 0.611. The molecule has 1 rings (SSSR count). The lowest BCUT2D eigenvalue weighted by atomic mass is 10.1. The Labute approximate surface area is 141 Å². The maximum atomic E-state index is 5.43. The van der Waals surface area contributed by atoms with Crippen molar-refractivity contribution in [1.29, 1.82) is 0 Å². The van der Waals surface area contributed by atoms with Crippen LogP contribution in [0.2, 0.25) is 0 Å². The third kappa shape index (κ3) is 7.37. The minimum Gasteiger partial charge on any atom is -0.496 e. The minimum atomic E-state index is 0.799. The van der Waals surface area contributed by atoms with E-state index in [1.54, 1.807) is 7.11 Å². The van der Waals surface area contributed by atoms with Gasteiger partial charge < -0.3 is 20.3 Å². The van der Waals surface area contributed by atoms with E-state index in [1.807, 2.05) is 6.07 Å². The molecule has 0 radical (unpaired) electrons. The SMILES string of the molecule is CCNC(=NCCN(C)CC)NCCc1cc(C)ccc1OC. The van der Waals surface area contributed by atoms with Crippen LogP contribution in [0.1, 0.15) is 25.0 Å². The number of rotatable bonds is 9. The van der Waals surface area contributed by atoms with Crippen LogP contribution in [0.25, 0.3) is 0 Å². The molecule has 1 aromatic rings. The average molecular weight is 320 g/mol. The number of benzene rings is 1. The van der Waals surface area contributed by atoms with E-state index in [0.717, 1.165) is 50.9 Å². The summed E-state index contributed by atoms with van der Waals surface area (Å²) < 4.78 is 5.43. The zero-order chi connectivity index (χ0) is 17.1. The molecule has 0 heterocycles. The quantitative estimate of drug-likeness (QED) is 0.540. The topological polar surface area (TPSA) is 48.9 Å². The zero-order valence-electron chi connectivity index (χ0n) is 15.3. The van der Waals surface area contributed by atoms with Gasteiger partial charge in [0.2, 0.25) is 0 Å². The Bertz CT molecular complexity index is 488. The Morgan fingerprint density at radius 1 is 1.26 bits per heavy atom. The van der Waals surface area contributed by atoms with Crippen LogP contribution in [-0.4, -0.2) is 57.7 Å². The Morgan fingerprint density at radius 2 is 2.04 bits per heavy atom. The first-order valence-corrected chi connectivity index (χ1v) is 8.44. The standard InChI is InChI=1S/C18H32N4O/c1-6-19-18(21-12-13-22(4)7-2)20-11-10-16-14-15(3)8-9-17(16)23-5/h8-9,14H,6-7,10-13H2,1-5H3,(H2,19,20,21). The molecule has 0 spiro atoms. The predicted octanol–water partition coefficient (Wildman–Crippen LogP) is 2.05. The largest absolute Gasteiger partial charge is 0.496 e. The molecule has 0 aliphatic heterocycles. The molecule has 5 heteroatoms. The maximum absolute atomic E-state index is 5.43. The Balaban J connectivity index is 2.52.